The van der Waals surface area contributed by atoms with Crippen molar-refractivity contribution in [2.24, 2.45) is 34.3 Å². The summed E-state index contributed by atoms with van der Waals surface area (Å²) >= 11 is 5.05. The minimum Gasteiger partial charge on any atom is -0.392 e. The van der Waals surface area contributed by atoms with Crippen LogP contribution >= 0.6 is 12.2 Å². The minimum atomic E-state index is -0.758. The lowest BCUT2D eigenvalue weighted by atomic mass is 9.48. The van der Waals surface area contributed by atoms with Crippen molar-refractivity contribution in [3.63, 3.8) is 0 Å². The lowest BCUT2D eigenvalue weighted by Gasteiger charge is -2.59. The summed E-state index contributed by atoms with van der Waals surface area (Å²) in [4.78, 5) is 12.8. The molecule has 3 nitrogen and oxygen atoms in total. The minimum absolute atomic E-state index is 0.0155. The normalized spacial score (nSPS) is 39.1. The van der Waals surface area contributed by atoms with Crippen LogP contribution in [0.15, 0.2) is 0 Å². The molecular formula is C17H28N2OS. The number of rotatable bonds is 4. The van der Waals surface area contributed by atoms with Crippen LogP contribution in [0.2, 0.25) is 0 Å². The SMILES string of the molecule is CC(NC(=O)C(C)(C)C(N)=S)C12CC3CC(CC(C3)C1)C2. The van der Waals surface area contributed by atoms with Crippen molar-refractivity contribution in [2.45, 2.75) is 65.3 Å². The number of hydrogen-bond acceptors (Lipinski definition) is 2. The predicted octanol–water partition coefficient (Wildman–Crippen LogP) is 3.02. The Morgan fingerprint density at radius 3 is 2.00 bits per heavy atom. The van der Waals surface area contributed by atoms with Gasteiger partial charge in [0.15, 0.2) is 0 Å². The molecule has 1 unspecified atom stereocenters. The summed E-state index contributed by atoms with van der Waals surface area (Å²) in [5.41, 5.74) is 5.30. The summed E-state index contributed by atoms with van der Waals surface area (Å²) < 4.78 is 0. The standard InChI is InChI=1S/C17H28N2OS/c1-10(19-15(20)16(2,3)14(18)21)17-7-11-4-12(8-17)6-13(5-11)9-17/h10-13H,4-9H2,1-3H3,(H2,18,21)(H,19,20). The lowest BCUT2D eigenvalue weighted by Crippen LogP contribution is -2.58. The fourth-order valence-electron chi connectivity index (χ4n) is 5.35. The van der Waals surface area contributed by atoms with Crippen molar-refractivity contribution in [3.8, 4) is 0 Å². The van der Waals surface area contributed by atoms with Crippen LogP contribution in [-0.2, 0) is 4.79 Å². The summed E-state index contributed by atoms with van der Waals surface area (Å²) in [6, 6.07) is 0.229. The van der Waals surface area contributed by atoms with Gasteiger partial charge in [-0.25, -0.2) is 0 Å². The van der Waals surface area contributed by atoms with E-state index in [1.54, 1.807) is 0 Å². The molecule has 0 aliphatic heterocycles. The van der Waals surface area contributed by atoms with Crippen LogP contribution in [0.4, 0.5) is 0 Å². The van der Waals surface area contributed by atoms with E-state index in [-0.39, 0.29) is 16.9 Å². The van der Waals surface area contributed by atoms with Gasteiger partial charge in [-0.1, -0.05) is 12.2 Å². The summed E-state index contributed by atoms with van der Waals surface area (Å²) in [5, 5.41) is 3.25. The third-order valence-corrected chi connectivity index (χ3v) is 7.05. The van der Waals surface area contributed by atoms with E-state index in [0.717, 1.165) is 17.8 Å². The quantitative estimate of drug-likeness (QED) is 0.785. The van der Waals surface area contributed by atoms with Crippen molar-refractivity contribution < 1.29 is 4.79 Å². The molecule has 4 bridgehead atoms. The van der Waals surface area contributed by atoms with Crippen LogP contribution in [-0.4, -0.2) is 16.9 Å². The first-order valence-corrected chi connectivity index (χ1v) is 8.74. The molecule has 4 saturated carbocycles. The third-order valence-electron chi connectivity index (χ3n) is 6.54. The Kier molecular flexibility index (Phi) is 3.59. The van der Waals surface area contributed by atoms with E-state index < -0.39 is 5.41 Å². The molecular weight excluding hydrogens is 280 g/mol. The highest BCUT2D eigenvalue weighted by Gasteiger charge is 2.53. The van der Waals surface area contributed by atoms with Gasteiger partial charge in [0.2, 0.25) is 5.91 Å². The monoisotopic (exact) mass is 308 g/mol. The molecule has 118 valence electrons. The smallest absolute Gasteiger partial charge is 0.232 e. The Hall–Kier alpha value is -0.640. The molecule has 0 saturated heterocycles. The Morgan fingerprint density at radius 2 is 1.62 bits per heavy atom. The van der Waals surface area contributed by atoms with Crippen molar-refractivity contribution in [2.75, 3.05) is 0 Å². The molecule has 3 N–H and O–H groups in total. The molecule has 4 rings (SSSR count). The average molecular weight is 308 g/mol. The maximum absolute atomic E-state index is 12.5. The summed E-state index contributed by atoms with van der Waals surface area (Å²) in [5.74, 6) is 2.69. The van der Waals surface area contributed by atoms with Gasteiger partial charge in [-0.05, 0) is 82.5 Å². The second kappa shape index (κ2) is 4.94. The topological polar surface area (TPSA) is 55.1 Å². The zero-order chi connectivity index (χ0) is 15.4. The Balaban J connectivity index is 1.72. The van der Waals surface area contributed by atoms with Gasteiger partial charge in [0.05, 0.1) is 10.4 Å². The van der Waals surface area contributed by atoms with Gasteiger partial charge in [0.1, 0.15) is 0 Å². The molecule has 4 fully saturated rings. The molecule has 1 amide bonds. The Morgan fingerprint density at radius 1 is 1.19 bits per heavy atom. The number of nitrogens with two attached hydrogens (primary N) is 1. The molecule has 1 atom stereocenters. The largest absolute Gasteiger partial charge is 0.392 e. The second-order valence-corrected chi connectivity index (χ2v) is 8.90. The second-order valence-electron chi connectivity index (χ2n) is 8.46. The summed E-state index contributed by atoms with van der Waals surface area (Å²) in [6.07, 6.45) is 8.19. The van der Waals surface area contributed by atoms with Gasteiger partial charge in [-0.3, -0.25) is 4.79 Å². The molecule has 0 aromatic carbocycles. The van der Waals surface area contributed by atoms with Crippen molar-refractivity contribution in [1.82, 2.24) is 5.32 Å². The van der Waals surface area contributed by atoms with E-state index in [1.165, 1.54) is 38.5 Å². The number of amides is 1. The van der Waals surface area contributed by atoms with Crippen LogP contribution < -0.4 is 11.1 Å². The number of hydrogen-bond donors (Lipinski definition) is 2. The summed E-state index contributed by atoms with van der Waals surface area (Å²) in [7, 11) is 0. The zero-order valence-electron chi connectivity index (χ0n) is 13.4. The molecule has 0 aromatic heterocycles. The Bertz CT molecular complexity index is 436. The van der Waals surface area contributed by atoms with E-state index in [0.29, 0.717) is 5.41 Å². The maximum Gasteiger partial charge on any atom is 0.232 e. The first kappa shape index (κ1) is 15.3. The highest BCUT2D eigenvalue weighted by molar-refractivity contribution is 7.80. The van der Waals surface area contributed by atoms with Crippen LogP contribution in [0.25, 0.3) is 0 Å². The fourth-order valence-corrected chi connectivity index (χ4v) is 5.44. The highest BCUT2D eigenvalue weighted by atomic mass is 32.1. The van der Waals surface area contributed by atoms with E-state index in [1.807, 2.05) is 13.8 Å². The highest BCUT2D eigenvalue weighted by Crippen LogP contribution is 2.61. The van der Waals surface area contributed by atoms with Gasteiger partial charge in [0.25, 0.3) is 0 Å². The first-order valence-electron chi connectivity index (χ1n) is 8.34. The van der Waals surface area contributed by atoms with Gasteiger partial charge < -0.3 is 11.1 Å². The van der Waals surface area contributed by atoms with E-state index in [2.05, 4.69) is 12.2 Å². The number of carbonyl (C=O) groups is 1. The number of carbonyl (C=O) groups excluding carboxylic acids is 1. The van der Waals surface area contributed by atoms with Gasteiger partial charge in [-0.15, -0.1) is 0 Å². The lowest BCUT2D eigenvalue weighted by molar-refractivity contribution is -0.130. The predicted molar refractivity (Wildman–Crippen MR) is 88.8 cm³/mol. The molecule has 4 aliphatic rings. The zero-order valence-corrected chi connectivity index (χ0v) is 14.3. The van der Waals surface area contributed by atoms with Gasteiger partial charge in [-0.2, -0.15) is 0 Å². The van der Waals surface area contributed by atoms with E-state index >= 15 is 0 Å². The number of thiocarbonyl (C=S) groups is 1. The van der Waals surface area contributed by atoms with E-state index in [9.17, 15) is 4.79 Å². The average Bonchev–Trinajstić information content (AvgIpc) is 2.36. The first-order chi connectivity index (χ1) is 9.73. The van der Waals surface area contributed by atoms with Crippen molar-refractivity contribution in [1.29, 1.82) is 0 Å². The van der Waals surface area contributed by atoms with Crippen LogP contribution in [0.1, 0.15) is 59.3 Å². The molecule has 21 heavy (non-hydrogen) atoms. The molecule has 0 spiro atoms. The number of nitrogens with one attached hydrogen (secondary N) is 1. The molecule has 0 radical (unpaired) electrons. The molecule has 0 heterocycles. The van der Waals surface area contributed by atoms with Crippen molar-refractivity contribution >= 4 is 23.1 Å². The van der Waals surface area contributed by atoms with E-state index in [4.69, 9.17) is 18.0 Å². The maximum atomic E-state index is 12.5. The fraction of sp³-hybridized carbons (Fsp3) is 0.882. The Labute approximate surface area is 133 Å². The summed E-state index contributed by atoms with van der Waals surface area (Å²) in [6.45, 7) is 5.83. The van der Waals surface area contributed by atoms with Crippen LogP contribution in [0.5, 0.6) is 0 Å². The van der Waals surface area contributed by atoms with Gasteiger partial charge in [0, 0.05) is 6.04 Å². The van der Waals surface area contributed by atoms with Crippen LogP contribution in [0.3, 0.4) is 0 Å². The third kappa shape index (κ3) is 2.49. The molecule has 4 aliphatic carbocycles. The molecule has 0 aromatic rings. The van der Waals surface area contributed by atoms with Crippen molar-refractivity contribution in [3.05, 3.63) is 0 Å². The van der Waals surface area contributed by atoms with Crippen LogP contribution in [0, 0.1) is 28.6 Å². The van der Waals surface area contributed by atoms with Gasteiger partial charge >= 0.3 is 0 Å². The molecule has 4 heteroatoms.